The van der Waals surface area contributed by atoms with Gasteiger partial charge in [-0.25, -0.2) is 9.97 Å². The summed E-state index contributed by atoms with van der Waals surface area (Å²) in [4.78, 5) is 10.7. The number of hydrogen-bond acceptors (Lipinski definition) is 4. The molecule has 1 atom stereocenters. The Bertz CT molecular complexity index is 343. The maximum absolute atomic E-state index is 5.62. The summed E-state index contributed by atoms with van der Waals surface area (Å²) in [6, 6.07) is 0. The number of piperidine rings is 1. The molecule has 16 heavy (non-hydrogen) atoms. The molecule has 1 aromatic rings. The molecule has 1 aliphatic heterocycles. The van der Waals surface area contributed by atoms with E-state index in [1.54, 1.807) is 12.5 Å². The second kappa shape index (κ2) is 5.59. The average molecular weight is 285 g/mol. The van der Waals surface area contributed by atoms with Crippen molar-refractivity contribution in [3.05, 3.63) is 17.0 Å². The predicted octanol–water partition coefficient (Wildman–Crippen LogP) is 1.80. The van der Waals surface area contributed by atoms with Crippen LogP contribution in [-0.4, -0.2) is 29.6 Å². The number of nitrogens with two attached hydrogens (primary N) is 1. The number of hydrogen-bond donors (Lipinski definition) is 1. The zero-order valence-corrected chi connectivity index (χ0v) is 10.9. The van der Waals surface area contributed by atoms with E-state index in [0.29, 0.717) is 5.92 Å². The number of anilines is 1. The number of nitrogens with zero attached hydrogens (tertiary/aromatic N) is 3. The molecule has 0 saturated carbocycles. The van der Waals surface area contributed by atoms with Crippen LogP contribution in [0.1, 0.15) is 19.3 Å². The molecule has 1 aromatic heterocycles. The van der Waals surface area contributed by atoms with Crippen molar-refractivity contribution in [2.24, 2.45) is 11.7 Å². The van der Waals surface area contributed by atoms with Gasteiger partial charge in [-0.3, -0.25) is 0 Å². The molecular formula is C11H17BrN4. The second-order valence-corrected chi connectivity index (χ2v) is 5.08. The SMILES string of the molecule is NCCC1CCCN(c2ncncc2Br)C1. The molecule has 5 heteroatoms. The van der Waals surface area contributed by atoms with Crippen molar-refractivity contribution in [1.82, 2.24) is 9.97 Å². The summed E-state index contributed by atoms with van der Waals surface area (Å²) in [7, 11) is 0. The van der Waals surface area contributed by atoms with Crippen molar-refractivity contribution < 1.29 is 0 Å². The van der Waals surface area contributed by atoms with Gasteiger partial charge in [-0.15, -0.1) is 0 Å². The standard InChI is InChI=1S/C11H17BrN4/c12-10-6-14-8-15-11(10)16-5-1-2-9(7-16)3-4-13/h6,8-9H,1-5,7,13H2. The molecule has 0 radical (unpaired) electrons. The van der Waals surface area contributed by atoms with Crippen molar-refractivity contribution in [3.63, 3.8) is 0 Å². The van der Waals surface area contributed by atoms with Crippen LogP contribution in [0.2, 0.25) is 0 Å². The monoisotopic (exact) mass is 284 g/mol. The van der Waals surface area contributed by atoms with Crippen LogP contribution in [0.4, 0.5) is 5.82 Å². The molecule has 0 amide bonds. The summed E-state index contributed by atoms with van der Waals surface area (Å²) in [6.07, 6.45) is 7.03. The Morgan fingerprint density at radius 3 is 3.19 bits per heavy atom. The highest BCUT2D eigenvalue weighted by Crippen LogP contribution is 2.27. The number of aromatic nitrogens is 2. The Morgan fingerprint density at radius 1 is 1.56 bits per heavy atom. The van der Waals surface area contributed by atoms with E-state index in [9.17, 15) is 0 Å². The van der Waals surface area contributed by atoms with E-state index in [-0.39, 0.29) is 0 Å². The Balaban J connectivity index is 2.07. The summed E-state index contributed by atoms with van der Waals surface area (Å²) < 4.78 is 0.975. The van der Waals surface area contributed by atoms with Gasteiger partial charge in [-0.1, -0.05) is 0 Å². The molecule has 1 fully saturated rings. The normalized spacial score (nSPS) is 21.1. The number of halogens is 1. The van der Waals surface area contributed by atoms with Gasteiger partial charge < -0.3 is 10.6 Å². The van der Waals surface area contributed by atoms with E-state index in [2.05, 4.69) is 30.8 Å². The quantitative estimate of drug-likeness (QED) is 0.920. The van der Waals surface area contributed by atoms with E-state index >= 15 is 0 Å². The lowest BCUT2D eigenvalue weighted by molar-refractivity contribution is 0.394. The van der Waals surface area contributed by atoms with Crippen LogP contribution in [0.5, 0.6) is 0 Å². The minimum absolute atomic E-state index is 0.709. The van der Waals surface area contributed by atoms with Crippen LogP contribution in [0.25, 0.3) is 0 Å². The van der Waals surface area contributed by atoms with Gasteiger partial charge in [0.1, 0.15) is 12.1 Å². The van der Waals surface area contributed by atoms with Crippen LogP contribution >= 0.6 is 15.9 Å². The maximum Gasteiger partial charge on any atom is 0.146 e. The van der Waals surface area contributed by atoms with Gasteiger partial charge in [-0.2, -0.15) is 0 Å². The first-order chi connectivity index (χ1) is 7.81. The summed E-state index contributed by atoms with van der Waals surface area (Å²) in [5.41, 5.74) is 5.62. The molecule has 1 aliphatic rings. The van der Waals surface area contributed by atoms with E-state index in [0.717, 1.165) is 36.3 Å². The molecule has 2 heterocycles. The molecule has 4 nitrogen and oxygen atoms in total. The molecule has 1 unspecified atom stereocenters. The Hall–Kier alpha value is -0.680. The summed E-state index contributed by atoms with van der Waals surface area (Å²) in [6.45, 7) is 2.92. The van der Waals surface area contributed by atoms with Gasteiger partial charge in [0.2, 0.25) is 0 Å². The van der Waals surface area contributed by atoms with E-state index in [4.69, 9.17) is 5.73 Å². The fourth-order valence-corrected chi connectivity index (χ4v) is 2.74. The summed E-state index contributed by atoms with van der Waals surface area (Å²) in [5, 5.41) is 0. The van der Waals surface area contributed by atoms with Crippen LogP contribution in [0.15, 0.2) is 17.0 Å². The Kier molecular flexibility index (Phi) is 4.12. The number of rotatable bonds is 3. The zero-order valence-electron chi connectivity index (χ0n) is 9.27. The topological polar surface area (TPSA) is 55.0 Å². The first kappa shape index (κ1) is 11.8. The van der Waals surface area contributed by atoms with Gasteiger partial charge in [0.15, 0.2) is 0 Å². The zero-order chi connectivity index (χ0) is 11.4. The third-order valence-electron chi connectivity index (χ3n) is 3.04. The van der Waals surface area contributed by atoms with Crippen molar-refractivity contribution >= 4 is 21.7 Å². The van der Waals surface area contributed by atoms with Crippen LogP contribution in [0, 0.1) is 5.92 Å². The fraction of sp³-hybridized carbons (Fsp3) is 0.636. The van der Waals surface area contributed by atoms with Crippen molar-refractivity contribution in [3.8, 4) is 0 Å². The van der Waals surface area contributed by atoms with Crippen molar-refractivity contribution in [1.29, 1.82) is 0 Å². The lowest BCUT2D eigenvalue weighted by Gasteiger charge is -2.33. The third kappa shape index (κ3) is 2.71. The molecule has 0 spiro atoms. The highest BCUT2D eigenvalue weighted by molar-refractivity contribution is 9.10. The van der Waals surface area contributed by atoms with E-state index in [1.165, 1.54) is 12.8 Å². The van der Waals surface area contributed by atoms with Crippen LogP contribution in [0.3, 0.4) is 0 Å². The minimum atomic E-state index is 0.709. The van der Waals surface area contributed by atoms with E-state index in [1.807, 2.05) is 0 Å². The Morgan fingerprint density at radius 2 is 2.44 bits per heavy atom. The first-order valence-electron chi connectivity index (χ1n) is 5.71. The smallest absolute Gasteiger partial charge is 0.146 e. The molecule has 88 valence electrons. The molecular weight excluding hydrogens is 268 g/mol. The van der Waals surface area contributed by atoms with Gasteiger partial charge in [0.25, 0.3) is 0 Å². The summed E-state index contributed by atoms with van der Waals surface area (Å²) in [5.74, 6) is 1.72. The molecule has 0 aliphatic carbocycles. The van der Waals surface area contributed by atoms with Crippen molar-refractivity contribution in [2.75, 3.05) is 24.5 Å². The first-order valence-corrected chi connectivity index (χ1v) is 6.51. The van der Waals surface area contributed by atoms with Gasteiger partial charge in [0.05, 0.1) is 4.47 Å². The Labute approximate surface area is 104 Å². The van der Waals surface area contributed by atoms with E-state index < -0.39 is 0 Å². The molecule has 2 rings (SSSR count). The largest absolute Gasteiger partial charge is 0.355 e. The highest BCUT2D eigenvalue weighted by atomic mass is 79.9. The van der Waals surface area contributed by atoms with Gasteiger partial charge in [-0.05, 0) is 47.7 Å². The lowest BCUT2D eigenvalue weighted by Crippen LogP contribution is -2.36. The summed E-state index contributed by atoms with van der Waals surface area (Å²) >= 11 is 3.50. The fourth-order valence-electron chi connectivity index (χ4n) is 2.27. The minimum Gasteiger partial charge on any atom is -0.355 e. The van der Waals surface area contributed by atoms with Crippen LogP contribution < -0.4 is 10.6 Å². The lowest BCUT2D eigenvalue weighted by atomic mass is 9.95. The predicted molar refractivity (Wildman–Crippen MR) is 68.3 cm³/mol. The average Bonchev–Trinajstić information content (AvgIpc) is 2.30. The van der Waals surface area contributed by atoms with Crippen LogP contribution in [-0.2, 0) is 0 Å². The molecule has 0 aromatic carbocycles. The third-order valence-corrected chi connectivity index (χ3v) is 3.60. The second-order valence-electron chi connectivity index (χ2n) is 4.23. The van der Waals surface area contributed by atoms with Gasteiger partial charge >= 0.3 is 0 Å². The maximum atomic E-state index is 5.62. The molecule has 2 N–H and O–H groups in total. The van der Waals surface area contributed by atoms with Crippen molar-refractivity contribution in [2.45, 2.75) is 19.3 Å². The molecule has 1 saturated heterocycles. The van der Waals surface area contributed by atoms with Gasteiger partial charge in [0, 0.05) is 19.3 Å². The highest BCUT2D eigenvalue weighted by Gasteiger charge is 2.21. The molecule has 0 bridgehead atoms.